The van der Waals surface area contributed by atoms with Gasteiger partial charge < -0.3 is 15.5 Å². The van der Waals surface area contributed by atoms with Gasteiger partial charge in [-0.25, -0.2) is 22.7 Å². The highest BCUT2D eigenvalue weighted by Gasteiger charge is 2.35. The quantitative estimate of drug-likeness (QED) is 0.515. The first-order chi connectivity index (χ1) is 10.8. The van der Waals surface area contributed by atoms with Crippen LogP contribution in [0.25, 0.3) is 0 Å². The van der Waals surface area contributed by atoms with Crippen molar-refractivity contribution in [2.75, 3.05) is 11.1 Å². The van der Waals surface area contributed by atoms with Crippen molar-refractivity contribution < 1.29 is 46.2 Å². The monoisotopic (exact) mass is 390 g/mol. The molecule has 0 bridgehead atoms. The van der Waals surface area contributed by atoms with Crippen LogP contribution in [0.3, 0.4) is 0 Å². The molecule has 0 saturated carbocycles. The smallest absolute Gasteiger partial charge is 0.404 e. The number of amides is 1. The topological polar surface area (TPSA) is 150 Å². The van der Waals surface area contributed by atoms with Gasteiger partial charge in [-0.3, -0.25) is 4.79 Å². The van der Waals surface area contributed by atoms with Crippen LogP contribution in [0.2, 0.25) is 0 Å². The summed E-state index contributed by atoms with van der Waals surface area (Å²) in [5, 5.41) is 18.8. The Morgan fingerprint density at radius 3 is 2.25 bits per heavy atom. The van der Waals surface area contributed by atoms with Gasteiger partial charge in [0.1, 0.15) is 5.00 Å². The number of anilines is 1. The fraction of sp³-hybridized carbons (Fsp3) is 0.300. The van der Waals surface area contributed by atoms with Crippen molar-refractivity contribution in [3.8, 4) is 0 Å². The van der Waals surface area contributed by atoms with E-state index in [0.29, 0.717) is 11.3 Å². The summed E-state index contributed by atoms with van der Waals surface area (Å²) in [4.78, 5) is 32.4. The second kappa shape index (κ2) is 7.14. The van der Waals surface area contributed by atoms with Gasteiger partial charge >= 0.3 is 24.0 Å². The number of halogens is 3. The maximum atomic E-state index is 12.1. The Hall–Kier alpha value is -2.19. The molecule has 14 heteroatoms. The summed E-state index contributed by atoms with van der Waals surface area (Å²) >= 11 is 0.508. The molecule has 24 heavy (non-hydrogen) atoms. The molecular formula is C10H9F3N2O7S2. The number of hydrogen-bond acceptors (Lipinski definition) is 6. The standard InChI is InChI=1S/C10H9F3N2O7S2/c11-10(12,13)3-24(21,22)14-2-4-1-5(8(17)18)7(23-4)15-6(16)9(19)20/h1,14H,2-3H2,(H,15,16)(H,17,18)(H,19,20). The molecule has 0 atom stereocenters. The predicted molar refractivity (Wildman–Crippen MR) is 74.2 cm³/mol. The molecule has 0 radical (unpaired) electrons. The van der Waals surface area contributed by atoms with Crippen molar-refractivity contribution in [2.45, 2.75) is 12.7 Å². The molecule has 0 unspecified atom stereocenters. The first-order valence-corrected chi connectivity index (χ1v) is 8.22. The van der Waals surface area contributed by atoms with Crippen molar-refractivity contribution in [3.05, 3.63) is 16.5 Å². The van der Waals surface area contributed by atoms with Gasteiger partial charge in [0, 0.05) is 11.4 Å². The summed E-state index contributed by atoms with van der Waals surface area (Å²) in [5.41, 5.74) is -0.528. The van der Waals surface area contributed by atoms with E-state index in [1.807, 2.05) is 0 Å². The normalized spacial score (nSPS) is 12.0. The summed E-state index contributed by atoms with van der Waals surface area (Å²) in [6.45, 7) is -0.660. The summed E-state index contributed by atoms with van der Waals surface area (Å²) in [6.07, 6.45) is -4.95. The van der Waals surface area contributed by atoms with Gasteiger partial charge in [0.15, 0.2) is 5.75 Å². The number of rotatable bonds is 6. The molecule has 9 nitrogen and oxygen atoms in total. The maximum absolute atomic E-state index is 12.1. The van der Waals surface area contributed by atoms with E-state index in [4.69, 9.17) is 10.2 Å². The van der Waals surface area contributed by atoms with Gasteiger partial charge in [0.25, 0.3) is 0 Å². The fourth-order valence-corrected chi connectivity index (χ4v) is 3.37. The number of carboxylic acids is 2. The lowest BCUT2D eigenvalue weighted by molar-refractivity contribution is -0.147. The maximum Gasteiger partial charge on any atom is 0.404 e. The summed E-state index contributed by atoms with van der Waals surface area (Å²) in [5.74, 6) is -7.06. The number of hydrogen-bond donors (Lipinski definition) is 4. The highest BCUT2D eigenvalue weighted by Crippen LogP contribution is 2.28. The molecule has 134 valence electrons. The Morgan fingerprint density at radius 1 is 1.21 bits per heavy atom. The fourth-order valence-electron chi connectivity index (χ4n) is 1.39. The largest absolute Gasteiger partial charge is 0.478 e. The Labute approximate surface area is 136 Å². The zero-order chi connectivity index (χ0) is 18.7. The van der Waals surface area contributed by atoms with Crippen molar-refractivity contribution in [1.29, 1.82) is 0 Å². The zero-order valence-electron chi connectivity index (χ0n) is 11.4. The first kappa shape index (κ1) is 19.9. The number of aromatic carboxylic acids is 1. The molecule has 1 heterocycles. The molecule has 1 aromatic rings. The number of carboxylic acid groups (broad SMARTS) is 2. The van der Waals surface area contributed by atoms with Gasteiger partial charge in [-0.15, -0.1) is 11.3 Å². The SMILES string of the molecule is O=C(O)C(=O)Nc1sc(CNS(=O)(=O)CC(F)(F)F)cc1C(=O)O. The van der Waals surface area contributed by atoms with Crippen LogP contribution >= 0.6 is 11.3 Å². The van der Waals surface area contributed by atoms with Crippen LogP contribution in [-0.2, 0) is 26.2 Å². The van der Waals surface area contributed by atoms with Crippen LogP contribution < -0.4 is 10.0 Å². The van der Waals surface area contributed by atoms with Crippen molar-refractivity contribution in [2.24, 2.45) is 0 Å². The van der Waals surface area contributed by atoms with Gasteiger partial charge in [-0.1, -0.05) is 0 Å². The molecular weight excluding hydrogens is 381 g/mol. The third-order valence-electron chi connectivity index (χ3n) is 2.25. The van der Waals surface area contributed by atoms with E-state index in [-0.39, 0.29) is 9.88 Å². The van der Waals surface area contributed by atoms with Crippen LogP contribution in [0.4, 0.5) is 18.2 Å². The summed E-state index contributed by atoms with van der Waals surface area (Å²) in [7, 11) is -4.70. The van der Waals surface area contributed by atoms with E-state index < -0.39 is 51.9 Å². The number of aliphatic carboxylic acids is 1. The lowest BCUT2D eigenvalue weighted by Gasteiger charge is -2.08. The number of nitrogens with one attached hydrogen (secondary N) is 2. The first-order valence-electron chi connectivity index (χ1n) is 5.75. The molecule has 1 aromatic heterocycles. The Balaban J connectivity index is 2.92. The third kappa shape index (κ3) is 6.13. The van der Waals surface area contributed by atoms with Gasteiger partial charge in [-0.2, -0.15) is 13.2 Å². The molecule has 0 aliphatic carbocycles. The van der Waals surface area contributed by atoms with Crippen LogP contribution in [0, 0.1) is 0 Å². The average Bonchev–Trinajstić information content (AvgIpc) is 2.77. The molecule has 0 aliphatic heterocycles. The molecule has 0 aliphatic rings. The Morgan fingerprint density at radius 2 is 1.79 bits per heavy atom. The van der Waals surface area contributed by atoms with E-state index in [9.17, 15) is 36.0 Å². The minimum absolute atomic E-state index is 0.0427. The number of thiophene rings is 1. The van der Waals surface area contributed by atoms with Crippen molar-refractivity contribution in [3.63, 3.8) is 0 Å². The lowest BCUT2D eigenvalue weighted by atomic mass is 10.3. The molecule has 1 amide bonds. The van der Waals surface area contributed by atoms with E-state index in [0.717, 1.165) is 6.07 Å². The van der Waals surface area contributed by atoms with E-state index in [2.05, 4.69) is 0 Å². The average molecular weight is 390 g/mol. The minimum atomic E-state index is -4.95. The highest BCUT2D eigenvalue weighted by molar-refractivity contribution is 7.89. The molecule has 0 saturated heterocycles. The second-order valence-electron chi connectivity index (χ2n) is 4.22. The van der Waals surface area contributed by atoms with Crippen LogP contribution in [0.15, 0.2) is 6.07 Å². The summed E-state index contributed by atoms with van der Waals surface area (Å²) < 4.78 is 60.3. The van der Waals surface area contributed by atoms with E-state index in [1.165, 1.54) is 0 Å². The Bertz CT molecular complexity index is 770. The Kier molecular flexibility index (Phi) is 5.91. The number of sulfonamides is 1. The molecule has 0 aromatic carbocycles. The zero-order valence-corrected chi connectivity index (χ0v) is 13.0. The van der Waals surface area contributed by atoms with Gasteiger partial charge in [0.05, 0.1) is 5.56 Å². The molecule has 4 N–H and O–H groups in total. The van der Waals surface area contributed by atoms with Crippen molar-refractivity contribution in [1.82, 2.24) is 4.72 Å². The van der Waals surface area contributed by atoms with Crippen LogP contribution in [-0.4, -0.2) is 48.4 Å². The van der Waals surface area contributed by atoms with E-state index in [1.54, 1.807) is 10.0 Å². The summed E-state index contributed by atoms with van der Waals surface area (Å²) in [6, 6.07) is 0.903. The lowest BCUT2D eigenvalue weighted by Crippen LogP contribution is -2.33. The molecule has 1 rings (SSSR count). The van der Waals surface area contributed by atoms with Crippen LogP contribution in [0.5, 0.6) is 0 Å². The molecule has 0 spiro atoms. The predicted octanol–water partition coefficient (Wildman–Crippen LogP) is 0.451. The number of alkyl halides is 3. The molecule has 0 fully saturated rings. The van der Waals surface area contributed by atoms with Gasteiger partial charge in [0.2, 0.25) is 10.0 Å². The van der Waals surface area contributed by atoms with Crippen LogP contribution in [0.1, 0.15) is 15.2 Å². The second-order valence-corrected chi connectivity index (χ2v) is 7.16. The van der Waals surface area contributed by atoms with E-state index >= 15 is 0 Å². The highest BCUT2D eigenvalue weighted by atomic mass is 32.2. The van der Waals surface area contributed by atoms with Gasteiger partial charge in [-0.05, 0) is 6.07 Å². The van der Waals surface area contributed by atoms with Crippen molar-refractivity contribution >= 4 is 44.2 Å². The number of carbonyl (C=O) groups is 3. The minimum Gasteiger partial charge on any atom is -0.478 e. The number of carbonyl (C=O) groups excluding carboxylic acids is 1. The third-order valence-corrected chi connectivity index (χ3v) is 4.60.